The van der Waals surface area contributed by atoms with Crippen LogP contribution >= 0.6 is 11.6 Å². The summed E-state index contributed by atoms with van der Waals surface area (Å²) >= 11 is 5.65. The summed E-state index contributed by atoms with van der Waals surface area (Å²) in [4.78, 5) is 0. The fourth-order valence-corrected chi connectivity index (χ4v) is 1.46. The third-order valence-corrected chi connectivity index (χ3v) is 2.26. The summed E-state index contributed by atoms with van der Waals surface area (Å²) < 4.78 is 37.3. The second-order valence-corrected chi connectivity index (χ2v) is 3.26. The first-order valence-corrected chi connectivity index (χ1v) is 4.36. The second-order valence-electron chi connectivity index (χ2n) is 2.85. The van der Waals surface area contributed by atoms with Gasteiger partial charge in [0.1, 0.15) is 0 Å². The molecule has 1 rings (SSSR count). The Bertz CT molecular complexity index is 311. The quantitative estimate of drug-likeness (QED) is 0.820. The molecule has 0 aliphatic heterocycles. The summed E-state index contributed by atoms with van der Waals surface area (Å²) in [5.41, 5.74) is 5.11. The molecule has 2 N–H and O–H groups in total. The number of alkyl halides is 3. The molecule has 0 aromatic heterocycles. The van der Waals surface area contributed by atoms with Gasteiger partial charge in [0.15, 0.2) is 0 Å². The van der Waals surface area contributed by atoms with Gasteiger partial charge in [-0.1, -0.05) is 29.8 Å². The zero-order chi connectivity index (χ0) is 10.8. The zero-order valence-corrected chi connectivity index (χ0v) is 7.94. The minimum absolute atomic E-state index is 0.0316. The largest absolute Gasteiger partial charge is 0.397 e. The minimum atomic E-state index is -4.35. The fraction of sp³-hybridized carbons (Fsp3) is 0.333. The lowest BCUT2D eigenvalue weighted by atomic mass is 9.99. The van der Waals surface area contributed by atoms with Crippen molar-refractivity contribution in [1.82, 2.24) is 0 Å². The molecule has 0 bridgehead atoms. The number of hydrogen-bond acceptors (Lipinski definition) is 1. The van der Waals surface area contributed by atoms with E-state index in [4.69, 9.17) is 17.3 Å². The standard InChI is InChI=1S/C9H9ClF3N/c10-8-4-2-1-3-6(8)7(5-14)9(11,12)13/h1-4,7H,5,14H2/t7-/m0/s1. The van der Waals surface area contributed by atoms with E-state index >= 15 is 0 Å². The van der Waals surface area contributed by atoms with E-state index in [2.05, 4.69) is 0 Å². The molecule has 0 radical (unpaired) electrons. The molecule has 78 valence electrons. The Kier molecular flexibility index (Phi) is 3.39. The summed E-state index contributed by atoms with van der Waals surface area (Å²) in [7, 11) is 0. The number of nitrogens with two attached hydrogens (primary N) is 1. The van der Waals surface area contributed by atoms with Crippen LogP contribution in [0.2, 0.25) is 5.02 Å². The molecule has 1 nitrogen and oxygen atoms in total. The molecule has 14 heavy (non-hydrogen) atoms. The maximum atomic E-state index is 12.4. The van der Waals surface area contributed by atoms with E-state index in [1.165, 1.54) is 18.2 Å². The van der Waals surface area contributed by atoms with Crippen LogP contribution in [0.25, 0.3) is 0 Å². The number of hydrogen-bond donors (Lipinski definition) is 1. The Balaban J connectivity index is 3.08. The van der Waals surface area contributed by atoms with Crippen LogP contribution in [0.4, 0.5) is 13.2 Å². The summed E-state index contributed by atoms with van der Waals surface area (Å²) in [6.45, 7) is -0.493. The zero-order valence-electron chi connectivity index (χ0n) is 7.18. The molecule has 1 atom stereocenters. The van der Waals surface area contributed by atoms with Gasteiger partial charge in [-0.2, -0.15) is 13.2 Å². The summed E-state index contributed by atoms with van der Waals surface area (Å²) in [5.74, 6) is -1.68. The summed E-state index contributed by atoms with van der Waals surface area (Å²) in [5, 5.41) is 0.0975. The lowest BCUT2D eigenvalue weighted by Gasteiger charge is -2.19. The van der Waals surface area contributed by atoms with Gasteiger partial charge in [0, 0.05) is 11.6 Å². The Morgan fingerprint density at radius 2 is 1.86 bits per heavy atom. The maximum absolute atomic E-state index is 12.4. The van der Waals surface area contributed by atoms with Crippen molar-refractivity contribution in [3.8, 4) is 0 Å². The highest BCUT2D eigenvalue weighted by Gasteiger charge is 2.40. The normalized spacial score (nSPS) is 14.1. The van der Waals surface area contributed by atoms with Gasteiger partial charge >= 0.3 is 6.18 Å². The first-order chi connectivity index (χ1) is 6.46. The van der Waals surface area contributed by atoms with Crippen molar-refractivity contribution in [1.29, 1.82) is 0 Å². The summed E-state index contributed by atoms with van der Waals surface area (Å²) in [6, 6.07) is 5.85. The van der Waals surface area contributed by atoms with Crippen molar-refractivity contribution < 1.29 is 13.2 Å². The molecular formula is C9H9ClF3N. The van der Waals surface area contributed by atoms with Crippen molar-refractivity contribution in [3.05, 3.63) is 34.9 Å². The van der Waals surface area contributed by atoms with E-state index in [1.807, 2.05) is 0 Å². The fourth-order valence-electron chi connectivity index (χ4n) is 1.19. The maximum Gasteiger partial charge on any atom is 0.397 e. The molecule has 0 fully saturated rings. The summed E-state index contributed by atoms with van der Waals surface area (Å²) in [6.07, 6.45) is -4.35. The van der Waals surface area contributed by atoms with E-state index in [-0.39, 0.29) is 10.6 Å². The average molecular weight is 224 g/mol. The molecule has 0 heterocycles. The van der Waals surface area contributed by atoms with Crippen LogP contribution in [0.15, 0.2) is 24.3 Å². The Morgan fingerprint density at radius 3 is 2.29 bits per heavy atom. The molecule has 5 heteroatoms. The van der Waals surface area contributed by atoms with Crippen LogP contribution < -0.4 is 5.73 Å². The van der Waals surface area contributed by atoms with Crippen molar-refractivity contribution >= 4 is 11.6 Å². The molecule has 1 aromatic carbocycles. The average Bonchev–Trinajstić information content (AvgIpc) is 2.07. The van der Waals surface area contributed by atoms with Gasteiger partial charge in [-0.15, -0.1) is 0 Å². The van der Waals surface area contributed by atoms with Crippen LogP contribution in [0.5, 0.6) is 0 Å². The second kappa shape index (κ2) is 4.19. The molecule has 0 saturated heterocycles. The van der Waals surface area contributed by atoms with Gasteiger partial charge in [-0.05, 0) is 11.6 Å². The Morgan fingerprint density at radius 1 is 1.29 bits per heavy atom. The van der Waals surface area contributed by atoms with E-state index < -0.39 is 18.6 Å². The molecular weight excluding hydrogens is 215 g/mol. The van der Waals surface area contributed by atoms with Crippen molar-refractivity contribution in [3.63, 3.8) is 0 Å². The Labute approximate surface area is 84.7 Å². The molecule has 0 aliphatic carbocycles. The van der Waals surface area contributed by atoms with Gasteiger partial charge in [0.25, 0.3) is 0 Å². The highest BCUT2D eigenvalue weighted by atomic mass is 35.5. The highest BCUT2D eigenvalue weighted by molar-refractivity contribution is 6.31. The van der Waals surface area contributed by atoms with E-state index in [0.29, 0.717) is 0 Å². The number of rotatable bonds is 2. The molecule has 0 amide bonds. The lowest BCUT2D eigenvalue weighted by molar-refractivity contribution is -0.148. The molecule has 1 aromatic rings. The van der Waals surface area contributed by atoms with Crippen LogP contribution in [0.1, 0.15) is 11.5 Å². The molecule has 0 unspecified atom stereocenters. The molecule has 0 saturated carbocycles. The van der Waals surface area contributed by atoms with Crippen LogP contribution in [-0.4, -0.2) is 12.7 Å². The van der Waals surface area contributed by atoms with Gasteiger partial charge in [0.2, 0.25) is 0 Å². The first-order valence-electron chi connectivity index (χ1n) is 3.98. The topological polar surface area (TPSA) is 26.0 Å². The minimum Gasteiger partial charge on any atom is -0.330 e. The molecule has 0 aliphatic rings. The van der Waals surface area contributed by atoms with Crippen molar-refractivity contribution in [2.45, 2.75) is 12.1 Å². The predicted molar refractivity (Wildman–Crippen MR) is 49.3 cm³/mol. The van der Waals surface area contributed by atoms with E-state index in [9.17, 15) is 13.2 Å². The van der Waals surface area contributed by atoms with Gasteiger partial charge in [-0.3, -0.25) is 0 Å². The number of halogens is 4. The van der Waals surface area contributed by atoms with Crippen LogP contribution in [0.3, 0.4) is 0 Å². The van der Waals surface area contributed by atoms with Gasteiger partial charge in [0.05, 0.1) is 5.92 Å². The molecule has 0 spiro atoms. The van der Waals surface area contributed by atoms with Gasteiger partial charge < -0.3 is 5.73 Å². The third kappa shape index (κ3) is 2.39. The lowest BCUT2D eigenvalue weighted by Crippen LogP contribution is -2.28. The van der Waals surface area contributed by atoms with Gasteiger partial charge in [-0.25, -0.2) is 0 Å². The van der Waals surface area contributed by atoms with Crippen LogP contribution in [0, 0.1) is 0 Å². The van der Waals surface area contributed by atoms with Crippen molar-refractivity contribution in [2.24, 2.45) is 5.73 Å². The third-order valence-electron chi connectivity index (χ3n) is 1.91. The van der Waals surface area contributed by atoms with Crippen LogP contribution in [-0.2, 0) is 0 Å². The number of benzene rings is 1. The van der Waals surface area contributed by atoms with E-state index in [1.54, 1.807) is 6.07 Å². The van der Waals surface area contributed by atoms with E-state index in [0.717, 1.165) is 0 Å². The van der Waals surface area contributed by atoms with Crippen molar-refractivity contribution in [2.75, 3.05) is 6.54 Å². The monoisotopic (exact) mass is 223 g/mol. The first kappa shape index (κ1) is 11.3. The Hall–Kier alpha value is -0.740. The highest BCUT2D eigenvalue weighted by Crippen LogP contribution is 2.36. The smallest absolute Gasteiger partial charge is 0.330 e. The SMILES string of the molecule is NC[C@@H](c1ccccc1Cl)C(F)(F)F. The predicted octanol–water partition coefficient (Wildman–Crippen LogP) is 2.94.